The van der Waals surface area contributed by atoms with Gasteiger partial charge in [0.15, 0.2) is 0 Å². The summed E-state index contributed by atoms with van der Waals surface area (Å²) in [6.07, 6.45) is 0.0409. The van der Waals surface area contributed by atoms with Crippen LogP contribution < -0.4 is 5.32 Å². The highest BCUT2D eigenvalue weighted by molar-refractivity contribution is 6.30. The van der Waals surface area contributed by atoms with Crippen molar-refractivity contribution in [3.63, 3.8) is 0 Å². The largest absolute Gasteiger partial charge is 0.444 e. The Balaban J connectivity index is 2.84. The van der Waals surface area contributed by atoms with Gasteiger partial charge in [-0.3, -0.25) is 0 Å². The molecule has 0 aromatic heterocycles. The summed E-state index contributed by atoms with van der Waals surface area (Å²) in [5, 5.41) is 3.11. The molecule has 0 spiro atoms. The monoisotopic (exact) mass is 283 g/mol. The number of nitrogens with one attached hydrogen (secondary N) is 1. The molecule has 0 radical (unpaired) electrons. The normalized spacial score (nSPS) is 12.7. The van der Waals surface area contributed by atoms with E-state index in [9.17, 15) is 9.59 Å². The van der Waals surface area contributed by atoms with Crippen molar-refractivity contribution in [2.75, 3.05) is 0 Å². The molecule has 19 heavy (non-hydrogen) atoms. The number of alkyl carbamates (subject to hydrolysis) is 1. The third-order valence-corrected chi connectivity index (χ3v) is 2.61. The highest BCUT2D eigenvalue weighted by Gasteiger charge is 2.21. The number of ether oxygens (including phenoxy) is 1. The Morgan fingerprint density at radius 1 is 1.42 bits per heavy atom. The van der Waals surface area contributed by atoms with Crippen molar-refractivity contribution in [3.05, 3.63) is 34.3 Å². The van der Waals surface area contributed by atoms with E-state index in [2.05, 4.69) is 5.32 Å². The van der Waals surface area contributed by atoms with E-state index >= 15 is 0 Å². The van der Waals surface area contributed by atoms with Gasteiger partial charge >= 0.3 is 6.09 Å². The fourth-order valence-corrected chi connectivity index (χ4v) is 1.83. The van der Waals surface area contributed by atoms with Crippen LogP contribution >= 0.6 is 11.6 Å². The number of amides is 1. The number of aryl methyl sites for hydroxylation is 1. The van der Waals surface area contributed by atoms with E-state index in [1.807, 2.05) is 6.92 Å². The number of rotatable bonds is 3. The fourth-order valence-electron chi connectivity index (χ4n) is 1.61. The zero-order valence-corrected chi connectivity index (χ0v) is 12.2. The van der Waals surface area contributed by atoms with Crippen LogP contribution in [0.1, 0.15) is 37.9 Å². The van der Waals surface area contributed by atoms with E-state index in [1.54, 1.807) is 39.0 Å². The molecule has 1 rings (SSSR count). The molecular formula is C14H18ClNO3. The molecule has 4 nitrogen and oxygen atoms in total. The zero-order valence-electron chi connectivity index (χ0n) is 11.5. The minimum Gasteiger partial charge on any atom is -0.444 e. The van der Waals surface area contributed by atoms with Crippen molar-refractivity contribution < 1.29 is 14.3 Å². The Labute approximate surface area is 118 Å². The number of carbonyl (C=O) groups excluding carboxylic acids is 2. The molecule has 1 aromatic carbocycles. The number of aldehydes is 1. The second-order valence-electron chi connectivity index (χ2n) is 5.26. The van der Waals surface area contributed by atoms with Crippen molar-refractivity contribution in [2.45, 2.75) is 39.3 Å². The van der Waals surface area contributed by atoms with Crippen LogP contribution in [0.5, 0.6) is 0 Å². The molecule has 0 heterocycles. The third-order valence-electron chi connectivity index (χ3n) is 2.38. The van der Waals surface area contributed by atoms with Gasteiger partial charge in [0.2, 0.25) is 0 Å². The number of hydrogen-bond donors (Lipinski definition) is 1. The lowest BCUT2D eigenvalue weighted by molar-refractivity contribution is -0.109. The van der Waals surface area contributed by atoms with Crippen molar-refractivity contribution in [1.82, 2.24) is 5.32 Å². The predicted molar refractivity (Wildman–Crippen MR) is 74.4 cm³/mol. The second-order valence-corrected chi connectivity index (χ2v) is 5.70. The molecule has 1 amide bonds. The highest BCUT2D eigenvalue weighted by Crippen LogP contribution is 2.20. The van der Waals surface area contributed by atoms with E-state index < -0.39 is 17.7 Å². The van der Waals surface area contributed by atoms with Gasteiger partial charge in [-0.1, -0.05) is 17.7 Å². The summed E-state index contributed by atoms with van der Waals surface area (Å²) in [6.45, 7) is 7.11. The first kappa shape index (κ1) is 15.5. The zero-order chi connectivity index (χ0) is 14.6. The van der Waals surface area contributed by atoms with Gasteiger partial charge in [0.1, 0.15) is 17.9 Å². The van der Waals surface area contributed by atoms with E-state index in [1.165, 1.54) is 0 Å². The Bertz CT molecular complexity index is 480. The summed E-state index contributed by atoms with van der Waals surface area (Å²) < 4.78 is 5.12. The lowest BCUT2D eigenvalue weighted by Crippen LogP contribution is -2.35. The summed E-state index contributed by atoms with van der Waals surface area (Å²) in [4.78, 5) is 22.8. The average molecular weight is 284 g/mol. The minimum absolute atomic E-state index is 0.586. The smallest absolute Gasteiger partial charge is 0.408 e. The lowest BCUT2D eigenvalue weighted by atomic mass is 10.0. The minimum atomic E-state index is -0.743. The van der Waals surface area contributed by atoms with E-state index in [-0.39, 0.29) is 0 Å². The van der Waals surface area contributed by atoms with Crippen LogP contribution in [0.2, 0.25) is 5.02 Å². The highest BCUT2D eigenvalue weighted by atomic mass is 35.5. The molecule has 1 aromatic rings. The number of carbonyl (C=O) groups is 2. The van der Waals surface area contributed by atoms with Crippen LogP contribution in [-0.2, 0) is 9.53 Å². The lowest BCUT2D eigenvalue weighted by Gasteiger charge is -2.22. The van der Waals surface area contributed by atoms with Crippen LogP contribution in [0.15, 0.2) is 18.2 Å². The molecule has 104 valence electrons. The summed E-state index contributed by atoms with van der Waals surface area (Å²) in [6, 6.07) is 4.39. The summed E-state index contributed by atoms with van der Waals surface area (Å²) in [7, 11) is 0. The van der Waals surface area contributed by atoms with Gasteiger partial charge in [0.25, 0.3) is 0 Å². The van der Waals surface area contributed by atoms with Crippen LogP contribution in [0.25, 0.3) is 0 Å². The van der Waals surface area contributed by atoms with Crippen LogP contribution in [-0.4, -0.2) is 18.0 Å². The quantitative estimate of drug-likeness (QED) is 0.865. The van der Waals surface area contributed by atoms with Gasteiger partial charge in [-0.2, -0.15) is 0 Å². The van der Waals surface area contributed by atoms with Crippen LogP contribution in [0, 0.1) is 6.92 Å². The summed E-state index contributed by atoms with van der Waals surface area (Å²) in [5.41, 5.74) is 0.929. The molecular weight excluding hydrogens is 266 g/mol. The van der Waals surface area contributed by atoms with E-state index in [0.717, 1.165) is 5.56 Å². The first-order valence-corrected chi connectivity index (χ1v) is 6.31. The average Bonchev–Trinajstić information content (AvgIpc) is 2.24. The number of hydrogen-bond acceptors (Lipinski definition) is 3. The second kappa shape index (κ2) is 6.06. The Kier molecular flexibility index (Phi) is 4.95. The standard InChI is InChI=1S/C14H18ClNO3/c1-9-7-10(15)5-6-11(9)12(8-17)16-13(18)19-14(2,3)4/h5-8,12H,1-4H3,(H,16,18). The Morgan fingerprint density at radius 3 is 2.53 bits per heavy atom. The van der Waals surface area contributed by atoms with Crippen molar-refractivity contribution in [3.8, 4) is 0 Å². The maximum absolute atomic E-state index is 11.7. The molecule has 1 atom stereocenters. The maximum atomic E-state index is 11.7. The summed E-state index contributed by atoms with van der Waals surface area (Å²) in [5.74, 6) is 0. The van der Waals surface area contributed by atoms with Gasteiger partial charge in [-0.25, -0.2) is 4.79 Å². The fraction of sp³-hybridized carbons (Fsp3) is 0.429. The maximum Gasteiger partial charge on any atom is 0.408 e. The third kappa shape index (κ3) is 4.91. The molecule has 0 fully saturated rings. The van der Waals surface area contributed by atoms with Gasteiger partial charge in [0.05, 0.1) is 0 Å². The molecule has 0 saturated carbocycles. The van der Waals surface area contributed by atoms with Gasteiger partial charge in [-0.05, 0) is 51.0 Å². The molecule has 0 aliphatic heterocycles. The van der Waals surface area contributed by atoms with Gasteiger partial charge < -0.3 is 14.8 Å². The summed E-state index contributed by atoms with van der Waals surface area (Å²) >= 11 is 5.86. The van der Waals surface area contributed by atoms with Gasteiger partial charge in [-0.15, -0.1) is 0 Å². The van der Waals surface area contributed by atoms with Gasteiger partial charge in [0, 0.05) is 5.02 Å². The molecule has 0 aliphatic carbocycles. The number of halogens is 1. The Hall–Kier alpha value is -1.55. The van der Waals surface area contributed by atoms with E-state index in [0.29, 0.717) is 16.9 Å². The first-order valence-electron chi connectivity index (χ1n) is 5.94. The molecule has 5 heteroatoms. The Morgan fingerprint density at radius 2 is 2.05 bits per heavy atom. The first-order chi connectivity index (χ1) is 8.73. The SMILES string of the molecule is Cc1cc(Cl)ccc1C(C=O)NC(=O)OC(C)(C)C. The number of benzene rings is 1. The van der Waals surface area contributed by atoms with Crippen LogP contribution in [0.4, 0.5) is 4.79 Å². The molecule has 1 unspecified atom stereocenters. The topological polar surface area (TPSA) is 55.4 Å². The molecule has 0 bridgehead atoms. The predicted octanol–water partition coefficient (Wildman–Crippen LogP) is 3.41. The van der Waals surface area contributed by atoms with Crippen molar-refractivity contribution >= 4 is 24.0 Å². The van der Waals surface area contributed by atoms with Crippen molar-refractivity contribution in [2.24, 2.45) is 0 Å². The molecule has 0 saturated heterocycles. The van der Waals surface area contributed by atoms with E-state index in [4.69, 9.17) is 16.3 Å². The molecule has 0 aliphatic rings. The van der Waals surface area contributed by atoms with Crippen LogP contribution in [0.3, 0.4) is 0 Å². The van der Waals surface area contributed by atoms with Crippen molar-refractivity contribution in [1.29, 1.82) is 0 Å². The molecule has 1 N–H and O–H groups in total.